The fourth-order valence-electron chi connectivity index (χ4n) is 2.81. The Labute approximate surface area is 166 Å². The second kappa shape index (κ2) is 11.0. The van der Waals surface area contributed by atoms with Crippen molar-refractivity contribution in [1.82, 2.24) is 5.32 Å². The number of aryl methyl sites for hydroxylation is 1. The zero-order valence-corrected chi connectivity index (χ0v) is 16.8. The number of rotatable bonds is 10. The third-order valence-electron chi connectivity index (χ3n) is 4.40. The van der Waals surface area contributed by atoms with E-state index >= 15 is 0 Å². The highest BCUT2D eigenvalue weighted by Gasteiger charge is 2.09. The average molecular weight is 383 g/mol. The third kappa shape index (κ3) is 6.61. The molecule has 0 spiro atoms. The molecule has 0 saturated carbocycles. The van der Waals surface area contributed by atoms with Crippen LogP contribution in [0.15, 0.2) is 48.5 Å². The van der Waals surface area contributed by atoms with Gasteiger partial charge >= 0.3 is 0 Å². The highest BCUT2D eigenvalue weighted by molar-refractivity contribution is 5.95. The van der Waals surface area contributed by atoms with Gasteiger partial charge in [0, 0.05) is 24.5 Å². The minimum Gasteiger partial charge on any atom is -0.493 e. The second-order valence-electron chi connectivity index (χ2n) is 6.41. The molecule has 2 N–H and O–H groups in total. The SMILES string of the molecule is CCN(CC)c1ccc(NC(=O)CNC(=O)CCOc2ccccc2)c(C)c1. The maximum Gasteiger partial charge on any atom is 0.243 e. The molecule has 0 bridgehead atoms. The lowest BCUT2D eigenvalue weighted by Gasteiger charge is -2.22. The zero-order chi connectivity index (χ0) is 20.4. The summed E-state index contributed by atoms with van der Waals surface area (Å²) in [5.41, 5.74) is 2.87. The predicted octanol–water partition coefficient (Wildman–Crippen LogP) is 3.37. The van der Waals surface area contributed by atoms with Gasteiger partial charge in [-0.05, 0) is 56.7 Å². The molecule has 0 fully saturated rings. The Morgan fingerprint density at radius 3 is 2.36 bits per heavy atom. The highest BCUT2D eigenvalue weighted by atomic mass is 16.5. The number of benzene rings is 2. The first-order chi connectivity index (χ1) is 13.5. The van der Waals surface area contributed by atoms with E-state index in [4.69, 9.17) is 4.74 Å². The molecule has 150 valence electrons. The van der Waals surface area contributed by atoms with Crippen LogP contribution in [0, 0.1) is 6.92 Å². The van der Waals surface area contributed by atoms with Crippen molar-refractivity contribution < 1.29 is 14.3 Å². The number of hydrogen-bond acceptors (Lipinski definition) is 4. The van der Waals surface area contributed by atoms with E-state index in [1.807, 2.05) is 49.4 Å². The molecule has 0 aliphatic rings. The molecule has 2 amide bonds. The van der Waals surface area contributed by atoms with Gasteiger partial charge in [0.15, 0.2) is 0 Å². The Morgan fingerprint density at radius 1 is 1.00 bits per heavy atom. The zero-order valence-electron chi connectivity index (χ0n) is 16.8. The Hall–Kier alpha value is -3.02. The van der Waals surface area contributed by atoms with Gasteiger partial charge in [-0.1, -0.05) is 18.2 Å². The quantitative estimate of drug-likeness (QED) is 0.660. The maximum atomic E-state index is 12.1. The van der Waals surface area contributed by atoms with E-state index in [2.05, 4.69) is 35.4 Å². The first-order valence-corrected chi connectivity index (χ1v) is 9.63. The maximum absolute atomic E-state index is 12.1. The van der Waals surface area contributed by atoms with Gasteiger partial charge in [-0.2, -0.15) is 0 Å². The van der Waals surface area contributed by atoms with E-state index in [0.717, 1.165) is 35.8 Å². The van der Waals surface area contributed by atoms with Gasteiger partial charge < -0.3 is 20.3 Å². The lowest BCUT2D eigenvalue weighted by molar-refractivity contribution is -0.124. The first-order valence-electron chi connectivity index (χ1n) is 9.63. The molecular formula is C22H29N3O3. The summed E-state index contributed by atoms with van der Waals surface area (Å²) in [4.78, 5) is 26.2. The number of amides is 2. The average Bonchev–Trinajstić information content (AvgIpc) is 2.70. The standard InChI is InChI=1S/C22H29N3O3/c1-4-25(5-2)18-11-12-20(17(3)15-18)24-22(27)16-23-21(26)13-14-28-19-9-7-6-8-10-19/h6-12,15H,4-5,13-14,16H2,1-3H3,(H,23,26)(H,24,27). The molecule has 0 aliphatic heterocycles. The van der Waals surface area contributed by atoms with Crippen molar-refractivity contribution in [3.63, 3.8) is 0 Å². The molecule has 28 heavy (non-hydrogen) atoms. The summed E-state index contributed by atoms with van der Waals surface area (Å²) >= 11 is 0. The van der Waals surface area contributed by atoms with Crippen LogP contribution >= 0.6 is 0 Å². The highest BCUT2D eigenvalue weighted by Crippen LogP contribution is 2.22. The van der Waals surface area contributed by atoms with Crippen LogP contribution in [-0.2, 0) is 9.59 Å². The Kier molecular flexibility index (Phi) is 8.34. The number of anilines is 2. The van der Waals surface area contributed by atoms with Gasteiger partial charge in [0.05, 0.1) is 19.6 Å². The predicted molar refractivity (Wildman–Crippen MR) is 113 cm³/mol. The van der Waals surface area contributed by atoms with Crippen LogP contribution in [0.1, 0.15) is 25.8 Å². The molecule has 2 aromatic carbocycles. The number of para-hydroxylation sites is 1. The third-order valence-corrected chi connectivity index (χ3v) is 4.40. The molecule has 6 nitrogen and oxygen atoms in total. The molecule has 0 aromatic heterocycles. The van der Waals surface area contributed by atoms with E-state index in [-0.39, 0.29) is 31.4 Å². The van der Waals surface area contributed by atoms with Crippen molar-refractivity contribution in [2.45, 2.75) is 27.2 Å². The van der Waals surface area contributed by atoms with Crippen molar-refractivity contribution in [3.8, 4) is 5.75 Å². The molecule has 0 saturated heterocycles. The minimum absolute atomic E-state index is 0.0680. The Balaban J connectivity index is 1.75. The van der Waals surface area contributed by atoms with Crippen LogP contribution in [0.2, 0.25) is 0 Å². The molecule has 0 radical (unpaired) electrons. The lowest BCUT2D eigenvalue weighted by atomic mass is 10.1. The molecule has 6 heteroatoms. The van der Waals surface area contributed by atoms with Crippen LogP contribution < -0.4 is 20.3 Å². The minimum atomic E-state index is -0.254. The molecule has 0 unspecified atom stereocenters. The fraction of sp³-hybridized carbons (Fsp3) is 0.364. The van der Waals surface area contributed by atoms with E-state index in [1.54, 1.807) is 0 Å². The van der Waals surface area contributed by atoms with Crippen LogP contribution in [0.3, 0.4) is 0 Å². The summed E-state index contributed by atoms with van der Waals surface area (Å²) in [5, 5.41) is 5.46. The Morgan fingerprint density at radius 2 is 1.71 bits per heavy atom. The van der Waals surface area contributed by atoms with Crippen molar-refractivity contribution in [2.75, 3.05) is 36.5 Å². The summed E-state index contributed by atoms with van der Waals surface area (Å²) in [6.45, 7) is 8.25. The first kappa shape index (κ1) is 21.3. The summed E-state index contributed by atoms with van der Waals surface area (Å²) in [5.74, 6) is 0.243. The van der Waals surface area contributed by atoms with Crippen molar-refractivity contribution in [3.05, 3.63) is 54.1 Å². The number of hydrogen-bond donors (Lipinski definition) is 2. The number of carbonyl (C=O) groups is 2. The van der Waals surface area contributed by atoms with Crippen LogP contribution in [0.25, 0.3) is 0 Å². The van der Waals surface area contributed by atoms with E-state index in [0.29, 0.717) is 0 Å². The monoisotopic (exact) mass is 383 g/mol. The second-order valence-corrected chi connectivity index (χ2v) is 6.41. The van der Waals surface area contributed by atoms with Crippen LogP contribution in [0.4, 0.5) is 11.4 Å². The van der Waals surface area contributed by atoms with Gasteiger partial charge in [0.2, 0.25) is 11.8 Å². The summed E-state index contributed by atoms with van der Waals surface area (Å²) in [7, 11) is 0. The van der Waals surface area contributed by atoms with Crippen molar-refractivity contribution in [1.29, 1.82) is 0 Å². The largest absolute Gasteiger partial charge is 0.493 e. The number of nitrogens with one attached hydrogen (secondary N) is 2. The van der Waals surface area contributed by atoms with E-state index in [9.17, 15) is 9.59 Å². The normalized spacial score (nSPS) is 10.2. The molecule has 0 atom stereocenters. The van der Waals surface area contributed by atoms with E-state index in [1.165, 1.54) is 0 Å². The summed E-state index contributed by atoms with van der Waals surface area (Å²) < 4.78 is 5.48. The van der Waals surface area contributed by atoms with Crippen molar-refractivity contribution in [2.24, 2.45) is 0 Å². The molecule has 2 aromatic rings. The number of ether oxygens (including phenoxy) is 1. The molecular weight excluding hydrogens is 354 g/mol. The summed E-state index contributed by atoms with van der Waals surface area (Å²) in [6, 6.07) is 15.3. The summed E-state index contributed by atoms with van der Waals surface area (Å²) in [6.07, 6.45) is 0.194. The number of nitrogens with zero attached hydrogens (tertiary/aromatic N) is 1. The fourth-order valence-corrected chi connectivity index (χ4v) is 2.81. The van der Waals surface area contributed by atoms with Crippen LogP contribution in [0.5, 0.6) is 5.75 Å². The van der Waals surface area contributed by atoms with E-state index < -0.39 is 0 Å². The van der Waals surface area contributed by atoms with Gasteiger partial charge in [0.25, 0.3) is 0 Å². The molecule has 0 heterocycles. The van der Waals surface area contributed by atoms with Crippen molar-refractivity contribution >= 4 is 23.2 Å². The van der Waals surface area contributed by atoms with Gasteiger partial charge in [0.1, 0.15) is 5.75 Å². The van der Waals surface area contributed by atoms with Crippen LogP contribution in [-0.4, -0.2) is 38.1 Å². The van der Waals surface area contributed by atoms with Gasteiger partial charge in [-0.3, -0.25) is 9.59 Å². The number of carbonyl (C=O) groups excluding carboxylic acids is 2. The topological polar surface area (TPSA) is 70.7 Å². The lowest BCUT2D eigenvalue weighted by Crippen LogP contribution is -2.33. The van der Waals surface area contributed by atoms with Gasteiger partial charge in [-0.25, -0.2) is 0 Å². The van der Waals surface area contributed by atoms with Gasteiger partial charge in [-0.15, -0.1) is 0 Å². The smallest absolute Gasteiger partial charge is 0.243 e. The Bertz CT molecular complexity index is 774. The molecule has 0 aliphatic carbocycles. The molecule has 2 rings (SSSR count).